The average Bonchev–Trinajstić information content (AvgIpc) is 2.42. The van der Waals surface area contributed by atoms with Crippen LogP contribution in [-0.2, 0) is 0 Å². The average molecular weight is 259 g/mol. The van der Waals surface area contributed by atoms with Gasteiger partial charge in [-0.2, -0.15) is 5.10 Å². The molecule has 0 aliphatic heterocycles. The molecule has 2 aromatic rings. The number of amides is 1. The smallest absolute Gasteiger partial charge is 0.275 e. The zero-order chi connectivity index (χ0) is 13.7. The van der Waals surface area contributed by atoms with Crippen molar-refractivity contribution in [2.45, 2.75) is 6.92 Å². The maximum absolute atomic E-state index is 11.8. The Labute approximate surface area is 109 Å². The van der Waals surface area contributed by atoms with Gasteiger partial charge in [0, 0.05) is 12.6 Å². The van der Waals surface area contributed by atoms with Crippen molar-refractivity contribution in [2.75, 3.05) is 17.2 Å². The second kappa shape index (κ2) is 5.76. The SMILES string of the molecule is CCNc1ccc(C(=O)Nc2ccc(=O)[nH]n2)nc1. The molecule has 2 rings (SSSR count). The number of rotatable bonds is 4. The Balaban J connectivity index is 2.07. The summed E-state index contributed by atoms with van der Waals surface area (Å²) < 4.78 is 0. The first-order valence-corrected chi connectivity index (χ1v) is 5.76. The van der Waals surface area contributed by atoms with Crippen LogP contribution in [0, 0.1) is 0 Å². The molecule has 0 spiro atoms. The van der Waals surface area contributed by atoms with E-state index in [-0.39, 0.29) is 23.0 Å². The molecule has 98 valence electrons. The minimum atomic E-state index is -0.386. The maximum atomic E-state index is 11.8. The number of hydrogen-bond acceptors (Lipinski definition) is 5. The standard InChI is InChI=1S/C12H13N5O2/c1-2-13-8-3-4-9(14-7-8)12(19)15-10-5-6-11(18)17-16-10/h3-7,13H,2H2,1H3,(H,17,18)(H,15,16,19). The number of nitrogens with one attached hydrogen (secondary N) is 3. The van der Waals surface area contributed by atoms with Crippen LogP contribution in [0.25, 0.3) is 0 Å². The lowest BCUT2D eigenvalue weighted by atomic mass is 10.3. The van der Waals surface area contributed by atoms with Crippen molar-refractivity contribution in [3.05, 3.63) is 46.5 Å². The number of carbonyl (C=O) groups is 1. The Morgan fingerprint density at radius 2 is 2.16 bits per heavy atom. The second-order valence-electron chi connectivity index (χ2n) is 3.72. The molecule has 0 atom stereocenters. The molecule has 1 amide bonds. The summed E-state index contributed by atoms with van der Waals surface area (Å²) >= 11 is 0. The summed E-state index contributed by atoms with van der Waals surface area (Å²) in [5, 5.41) is 11.5. The highest BCUT2D eigenvalue weighted by atomic mass is 16.2. The highest BCUT2D eigenvalue weighted by Crippen LogP contribution is 2.07. The van der Waals surface area contributed by atoms with Crippen LogP contribution < -0.4 is 16.2 Å². The molecular formula is C12H13N5O2. The van der Waals surface area contributed by atoms with Crippen LogP contribution in [0.3, 0.4) is 0 Å². The van der Waals surface area contributed by atoms with E-state index in [9.17, 15) is 9.59 Å². The molecular weight excluding hydrogens is 246 g/mol. The first-order chi connectivity index (χ1) is 9.19. The van der Waals surface area contributed by atoms with Gasteiger partial charge in [0.1, 0.15) is 5.69 Å². The molecule has 0 fully saturated rings. The molecule has 19 heavy (non-hydrogen) atoms. The number of carbonyl (C=O) groups excluding carboxylic acids is 1. The quantitative estimate of drug-likeness (QED) is 0.755. The zero-order valence-electron chi connectivity index (χ0n) is 10.3. The Kier molecular flexibility index (Phi) is 3.87. The number of anilines is 2. The summed E-state index contributed by atoms with van der Waals surface area (Å²) in [5.41, 5.74) is 0.794. The summed E-state index contributed by atoms with van der Waals surface area (Å²) in [7, 11) is 0. The van der Waals surface area contributed by atoms with E-state index in [2.05, 4.69) is 25.8 Å². The lowest BCUT2D eigenvalue weighted by Crippen LogP contribution is -2.16. The summed E-state index contributed by atoms with van der Waals surface area (Å²) in [5.74, 6) is -0.121. The molecule has 0 saturated carbocycles. The van der Waals surface area contributed by atoms with Gasteiger partial charge in [-0.3, -0.25) is 9.59 Å². The first-order valence-electron chi connectivity index (χ1n) is 5.76. The molecule has 0 aliphatic carbocycles. The summed E-state index contributed by atoms with van der Waals surface area (Å²) in [6.07, 6.45) is 1.58. The van der Waals surface area contributed by atoms with Crippen molar-refractivity contribution in [3.8, 4) is 0 Å². The minimum Gasteiger partial charge on any atom is -0.384 e. The van der Waals surface area contributed by atoms with Gasteiger partial charge in [-0.1, -0.05) is 0 Å². The third-order valence-electron chi connectivity index (χ3n) is 2.30. The first kappa shape index (κ1) is 12.7. The Hall–Kier alpha value is -2.70. The van der Waals surface area contributed by atoms with E-state index >= 15 is 0 Å². The van der Waals surface area contributed by atoms with Crippen LogP contribution in [0.5, 0.6) is 0 Å². The number of pyridine rings is 1. The molecule has 2 aromatic heterocycles. The molecule has 0 unspecified atom stereocenters. The van der Waals surface area contributed by atoms with Crippen LogP contribution in [-0.4, -0.2) is 27.6 Å². The monoisotopic (exact) mass is 259 g/mol. The molecule has 0 saturated heterocycles. The Bertz CT molecular complexity index is 600. The fourth-order valence-corrected chi connectivity index (χ4v) is 1.43. The fourth-order valence-electron chi connectivity index (χ4n) is 1.43. The molecule has 7 nitrogen and oxygen atoms in total. The predicted octanol–water partition coefficient (Wildman–Crippen LogP) is 0.849. The van der Waals surface area contributed by atoms with Crippen molar-refractivity contribution in [2.24, 2.45) is 0 Å². The van der Waals surface area contributed by atoms with E-state index in [1.807, 2.05) is 6.92 Å². The molecule has 0 aliphatic rings. The van der Waals surface area contributed by atoms with Crippen LogP contribution >= 0.6 is 0 Å². The topological polar surface area (TPSA) is 99.8 Å². The van der Waals surface area contributed by atoms with Gasteiger partial charge < -0.3 is 10.6 Å². The van der Waals surface area contributed by atoms with Crippen molar-refractivity contribution in [1.29, 1.82) is 0 Å². The summed E-state index contributed by atoms with van der Waals surface area (Å²) in [6, 6.07) is 6.08. The highest BCUT2D eigenvalue weighted by molar-refractivity contribution is 6.02. The molecule has 2 heterocycles. The third-order valence-corrected chi connectivity index (χ3v) is 2.30. The van der Waals surface area contributed by atoms with Gasteiger partial charge in [0.2, 0.25) is 0 Å². The van der Waals surface area contributed by atoms with Gasteiger partial charge in [-0.25, -0.2) is 10.1 Å². The third kappa shape index (κ3) is 3.38. The van der Waals surface area contributed by atoms with Crippen molar-refractivity contribution in [1.82, 2.24) is 15.2 Å². The van der Waals surface area contributed by atoms with Gasteiger partial charge in [0.25, 0.3) is 11.5 Å². The summed E-state index contributed by atoms with van der Waals surface area (Å²) in [6.45, 7) is 2.76. The number of aromatic nitrogens is 3. The lowest BCUT2D eigenvalue weighted by Gasteiger charge is -2.05. The molecule has 0 aromatic carbocycles. The predicted molar refractivity (Wildman–Crippen MR) is 71.2 cm³/mol. The van der Waals surface area contributed by atoms with Gasteiger partial charge in [0.15, 0.2) is 5.82 Å². The number of nitrogens with zero attached hydrogens (tertiary/aromatic N) is 2. The summed E-state index contributed by atoms with van der Waals surface area (Å²) in [4.78, 5) is 26.7. The number of hydrogen-bond donors (Lipinski definition) is 3. The maximum Gasteiger partial charge on any atom is 0.275 e. The molecule has 7 heteroatoms. The van der Waals surface area contributed by atoms with E-state index in [1.54, 1.807) is 18.3 Å². The van der Waals surface area contributed by atoms with Crippen molar-refractivity contribution in [3.63, 3.8) is 0 Å². The van der Waals surface area contributed by atoms with Crippen LogP contribution in [0.4, 0.5) is 11.5 Å². The minimum absolute atomic E-state index is 0.266. The van der Waals surface area contributed by atoms with E-state index in [4.69, 9.17) is 0 Å². The van der Waals surface area contributed by atoms with Crippen molar-refractivity contribution < 1.29 is 4.79 Å². The zero-order valence-corrected chi connectivity index (χ0v) is 10.3. The molecule has 0 radical (unpaired) electrons. The fraction of sp³-hybridized carbons (Fsp3) is 0.167. The van der Waals surface area contributed by atoms with Crippen LogP contribution in [0.2, 0.25) is 0 Å². The van der Waals surface area contributed by atoms with Gasteiger partial charge in [0.05, 0.1) is 11.9 Å². The van der Waals surface area contributed by atoms with Crippen LogP contribution in [0.1, 0.15) is 17.4 Å². The lowest BCUT2D eigenvalue weighted by molar-refractivity contribution is 0.102. The van der Waals surface area contributed by atoms with Gasteiger partial charge >= 0.3 is 0 Å². The normalized spacial score (nSPS) is 9.95. The van der Waals surface area contributed by atoms with E-state index in [0.717, 1.165) is 12.2 Å². The molecule has 0 bridgehead atoms. The van der Waals surface area contributed by atoms with Crippen molar-refractivity contribution >= 4 is 17.4 Å². The number of H-pyrrole nitrogens is 1. The second-order valence-corrected chi connectivity index (χ2v) is 3.72. The molecule has 3 N–H and O–H groups in total. The van der Waals surface area contributed by atoms with Gasteiger partial charge in [-0.05, 0) is 25.1 Å². The Morgan fingerprint density at radius 3 is 2.74 bits per heavy atom. The van der Waals surface area contributed by atoms with E-state index < -0.39 is 0 Å². The largest absolute Gasteiger partial charge is 0.384 e. The highest BCUT2D eigenvalue weighted by Gasteiger charge is 2.08. The van der Waals surface area contributed by atoms with Crippen LogP contribution in [0.15, 0.2) is 35.3 Å². The Morgan fingerprint density at radius 1 is 1.32 bits per heavy atom. The van der Waals surface area contributed by atoms with E-state index in [0.29, 0.717) is 0 Å². The van der Waals surface area contributed by atoms with E-state index in [1.165, 1.54) is 12.1 Å². The van der Waals surface area contributed by atoms with Gasteiger partial charge in [-0.15, -0.1) is 0 Å². The number of aromatic amines is 1.